The van der Waals surface area contributed by atoms with Crippen molar-refractivity contribution in [3.8, 4) is 0 Å². The van der Waals surface area contributed by atoms with Gasteiger partial charge in [0.1, 0.15) is 6.10 Å². The van der Waals surface area contributed by atoms with Gasteiger partial charge in [0, 0.05) is 0 Å². The Morgan fingerprint density at radius 3 is 3.00 bits per heavy atom. The number of hydrogen-bond donors (Lipinski definition) is 4. The molecule has 12 heavy (non-hydrogen) atoms. The minimum absolute atomic E-state index is 0.843. The average Bonchev–Trinajstić information content (AvgIpc) is 2.38. The van der Waals surface area contributed by atoms with E-state index in [9.17, 15) is 4.79 Å². The van der Waals surface area contributed by atoms with Crippen LogP contribution in [0.1, 0.15) is 1.37 Å². The van der Waals surface area contributed by atoms with Crippen LogP contribution >= 0.6 is 0 Å². The summed E-state index contributed by atoms with van der Waals surface area (Å²) in [5, 5.41) is 30.5. The lowest BCUT2D eigenvalue weighted by atomic mass is 10.2. The summed E-state index contributed by atoms with van der Waals surface area (Å²) in [5.41, 5.74) is 0. The molecule has 0 unspecified atom stereocenters. The Morgan fingerprint density at radius 1 is 1.83 bits per heavy atom. The van der Waals surface area contributed by atoms with E-state index in [0.717, 1.165) is 0 Å². The maximum atomic E-state index is 10.8. The topological polar surface area (TPSA) is 107 Å². The first-order valence-corrected chi connectivity index (χ1v) is 3.06. The molecular weight excluding hydrogens is 168 g/mol. The number of aliphatic hydroxyl groups excluding tert-OH is 4. The van der Waals surface area contributed by atoms with Crippen molar-refractivity contribution in [2.75, 3.05) is 6.61 Å². The quantitative estimate of drug-likeness (QED) is 0.397. The van der Waals surface area contributed by atoms with Crippen molar-refractivity contribution in [3.63, 3.8) is 0 Å². The van der Waals surface area contributed by atoms with E-state index >= 15 is 0 Å². The highest BCUT2D eigenvalue weighted by Gasteiger charge is 2.38. The number of ether oxygens (including phenoxy) is 1. The predicted molar refractivity (Wildman–Crippen MR) is 35.3 cm³/mol. The molecule has 0 saturated heterocycles. The van der Waals surface area contributed by atoms with Gasteiger partial charge in [-0.15, -0.1) is 0 Å². The molecule has 0 spiro atoms. The van der Waals surface area contributed by atoms with Crippen LogP contribution in [-0.4, -0.2) is 45.2 Å². The number of aliphatic hydroxyl groups is 4. The zero-order valence-electron chi connectivity index (χ0n) is 7.85. The van der Waals surface area contributed by atoms with Crippen molar-refractivity contribution < 1.29 is 31.3 Å². The summed E-state index contributed by atoms with van der Waals surface area (Å²) in [6.45, 7) is -0.878. The molecule has 0 aliphatic carbocycles. The largest absolute Gasteiger partial charge is 0.505 e. The molecule has 68 valence electrons. The Hall–Kier alpha value is -1.27. The van der Waals surface area contributed by atoms with E-state index in [4.69, 9.17) is 18.1 Å². The van der Waals surface area contributed by atoms with Crippen LogP contribution in [0.15, 0.2) is 11.5 Å². The standard InChI is InChI=1S/C6H8O6/c7-1-2(8)5-3(9)4(10)6(11)12-5/h2,5,7-10H,1H2/t2-,5+/m0/s1/i5T/hT. The molecule has 0 radical (unpaired) electrons. The number of carbonyl (C=O) groups is 1. The fraction of sp³-hybridized carbons (Fsp3) is 0.500. The minimum atomic E-state index is -2.46. The first-order chi connectivity index (χ1) is 6.47. The van der Waals surface area contributed by atoms with Gasteiger partial charge in [-0.3, -0.25) is 0 Å². The van der Waals surface area contributed by atoms with E-state index in [1.54, 1.807) is 0 Å². The summed E-state index contributed by atoms with van der Waals surface area (Å²) in [4.78, 5) is 10.8. The van der Waals surface area contributed by atoms with Gasteiger partial charge in [0.05, 0.1) is 7.98 Å². The SMILES string of the molecule is [3H]OC1=C(O)C(=O)O[C@]1([3H])[C@@H](O)CO. The second-order valence-corrected chi connectivity index (χ2v) is 2.13. The first-order valence-electron chi connectivity index (χ1n) is 3.97. The first kappa shape index (κ1) is 6.27. The van der Waals surface area contributed by atoms with Crippen LogP contribution in [-0.2, 0) is 9.53 Å². The van der Waals surface area contributed by atoms with Gasteiger partial charge in [0.15, 0.2) is 11.8 Å². The lowest BCUT2D eigenvalue weighted by Gasteiger charge is -2.13. The molecule has 1 rings (SSSR count). The molecule has 0 aromatic carbocycles. The molecule has 6 nitrogen and oxygen atoms in total. The summed E-state index contributed by atoms with van der Waals surface area (Å²) < 4.78 is 18.1. The molecule has 0 aromatic rings. The molecule has 0 aromatic heterocycles. The van der Waals surface area contributed by atoms with Gasteiger partial charge in [-0.05, 0) is 0 Å². The smallest absolute Gasteiger partial charge is 0.377 e. The molecule has 0 saturated carbocycles. The number of rotatable bonds is 3. The Labute approximate surface area is 70.2 Å². The van der Waals surface area contributed by atoms with Crippen LogP contribution in [0, 0.1) is 0 Å². The van der Waals surface area contributed by atoms with Crippen LogP contribution in [0.5, 0.6) is 0 Å². The van der Waals surface area contributed by atoms with Crippen LogP contribution in [0.4, 0.5) is 0 Å². The summed E-state index contributed by atoms with van der Waals surface area (Å²) in [6, 6.07) is 0. The zero-order valence-corrected chi connectivity index (χ0v) is 5.85. The molecule has 0 amide bonds. The van der Waals surface area contributed by atoms with Gasteiger partial charge in [0.2, 0.25) is 5.76 Å². The van der Waals surface area contributed by atoms with Crippen LogP contribution in [0.2, 0.25) is 0 Å². The Kier molecular flexibility index (Phi) is 1.57. The molecule has 1 heterocycles. The molecule has 0 fully saturated rings. The molecule has 2 atom stereocenters. The molecule has 4 N–H and O–H groups in total. The average molecular weight is 180 g/mol. The third kappa shape index (κ3) is 1.21. The number of carbonyl (C=O) groups excluding carboxylic acids is 1. The van der Waals surface area contributed by atoms with E-state index in [-0.39, 0.29) is 0 Å². The van der Waals surface area contributed by atoms with Crippen molar-refractivity contribution in [2.45, 2.75) is 12.2 Å². The molecule has 0 bridgehead atoms. The van der Waals surface area contributed by atoms with Crippen molar-refractivity contribution >= 4 is 5.97 Å². The lowest BCUT2D eigenvalue weighted by molar-refractivity contribution is -0.147. The van der Waals surface area contributed by atoms with Gasteiger partial charge in [-0.1, -0.05) is 0 Å². The second kappa shape index (κ2) is 3.00. The van der Waals surface area contributed by atoms with Gasteiger partial charge in [0.25, 0.3) is 1.43 Å². The molecule has 6 heteroatoms. The van der Waals surface area contributed by atoms with E-state index in [2.05, 4.69) is 9.85 Å². The van der Waals surface area contributed by atoms with Crippen LogP contribution in [0.3, 0.4) is 0 Å². The predicted octanol–water partition coefficient (Wildman–Crippen LogP) is -1.41. The third-order valence-electron chi connectivity index (χ3n) is 1.31. The minimum Gasteiger partial charge on any atom is -0.505 e. The number of esters is 1. The van der Waals surface area contributed by atoms with Crippen molar-refractivity contribution in [2.24, 2.45) is 0 Å². The van der Waals surface area contributed by atoms with Crippen molar-refractivity contribution in [1.82, 2.24) is 0 Å². The summed E-state index contributed by atoms with van der Waals surface area (Å²) in [7, 11) is 0. The monoisotopic (exact) mass is 180 g/mol. The zero-order chi connectivity index (χ0) is 10.9. The third-order valence-corrected chi connectivity index (χ3v) is 1.31. The fourth-order valence-corrected chi connectivity index (χ4v) is 0.706. The Morgan fingerprint density at radius 2 is 2.50 bits per heavy atom. The van der Waals surface area contributed by atoms with Gasteiger partial charge in [-0.25, -0.2) is 4.79 Å². The molecule has 1 aliphatic heterocycles. The summed E-state index contributed by atoms with van der Waals surface area (Å²) in [6.07, 6.45) is -4.26. The van der Waals surface area contributed by atoms with Gasteiger partial charge in [-0.2, -0.15) is 0 Å². The normalized spacial score (nSPS) is 34.0. The van der Waals surface area contributed by atoms with Crippen molar-refractivity contribution in [1.29, 1.82) is 1.43 Å². The summed E-state index contributed by atoms with van der Waals surface area (Å²) >= 11 is 0. The van der Waals surface area contributed by atoms with E-state index in [1.165, 1.54) is 0 Å². The number of cyclic esters (lactones) is 1. The maximum absolute atomic E-state index is 10.8. The lowest BCUT2D eigenvalue weighted by Crippen LogP contribution is -2.31. The molecular formula is C6H8O6. The van der Waals surface area contributed by atoms with E-state index in [1.807, 2.05) is 0 Å². The van der Waals surface area contributed by atoms with E-state index < -0.39 is 36.3 Å². The van der Waals surface area contributed by atoms with E-state index in [0.29, 0.717) is 0 Å². The molecule has 1 aliphatic rings. The second-order valence-electron chi connectivity index (χ2n) is 2.13. The Balaban J connectivity index is 3.08. The maximum Gasteiger partial charge on any atom is 0.377 e. The van der Waals surface area contributed by atoms with Crippen molar-refractivity contribution in [3.05, 3.63) is 11.5 Å². The fourth-order valence-electron chi connectivity index (χ4n) is 0.706. The van der Waals surface area contributed by atoms with Crippen LogP contribution < -0.4 is 0 Å². The van der Waals surface area contributed by atoms with Gasteiger partial charge >= 0.3 is 5.97 Å². The Bertz CT molecular complexity index is 290. The highest BCUT2D eigenvalue weighted by molar-refractivity contribution is 5.89. The number of hydrogen-bond acceptors (Lipinski definition) is 6. The highest BCUT2D eigenvalue weighted by atomic mass is 16.6. The highest BCUT2D eigenvalue weighted by Crippen LogP contribution is 2.20. The van der Waals surface area contributed by atoms with Crippen LogP contribution in [0.25, 0.3) is 1.43 Å². The van der Waals surface area contributed by atoms with Gasteiger partial charge < -0.3 is 25.2 Å². The summed E-state index contributed by atoms with van der Waals surface area (Å²) in [5.74, 6) is -3.18.